The fourth-order valence-corrected chi connectivity index (χ4v) is 3.09. The molecule has 4 rings (SSSR count). The number of carbonyl (C=O) groups excluding carboxylic acids is 6. The summed E-state index contributed by atoms with van der Waals surface area (Å²) in [5.74, 6) is -3.90. The summed E-state index contributed by atoms with van der Waals surface area (Å²) in [7, 11) is 1.33. The minimum Gasteiger partial charge on any atom is -0.424 e. The number of hydrogen-bond donors (Lipinski definition) is 1. The van der Waals surface area contributed by atoms with E-state index in [0.29, 0.717) is 0 Å². The third-order valence-corrected chi connectivity index (χ3v) is 4.68. The quantitative estimate of drug-likeness (QED) is 0.445. The maximum atomic E-state index is 12.2. The minimum atomic E-state index is -0.867. The molecule has 2 aliphatic heterocycles. The number of benzene rings is 2. The number of amides is 4. The van der Waals surface area contributed by atoms with Gasteiger partial charge in [-0.2, -0.15) is 0 Å². The standard InChI is InChI=1S/C20H12N2O8/c1-22-17(25)12-5-3-10(7-14(12)18(22)26)20(28)30-8-29-19(27)9-2-4-11-13(6-9)16(24)21-15(11)23/h2-7H,8H2,1H3,(H,21,23,24). The van der Waals surface area contributed by atoms with Crippen molar-refractivity contribution in [2.24, 2.45) is 0 Å². The van der Waals surface area contributed by atoms with Crippen molar-refractivity contribution in [3.63, 3.8) is 0 Å². The number of esters is 2. The molecule has 2 heterocycles. The van der Waals surface area contributed by atoms with E-state index in [9.17, 15) is 28.8 Å². The molecule has 0 saturated heterocycles. The Balaban J connectivity index is 1.39. The first-order valence-corrected chi connectivity index (χ1v) is 8.58. The van der Waals surface area contributed by atoms with Gasteiger partial charge in [0.2, 0.25) is 6.79 Å². The molecule has 0 unspecified atom stereocenters. The molecule has 2 aliphatic rings. The molecule has 10 heteroatoms. The highest BCUT2D eigenvalue weighted by molar-refractivity contribution is 6.22. The highest BCUT2D eigenvalue weighted by Gasteiger charge is 2.33. The molecule has 10 nitrogen and oxygen atoms in total. The lowest BCUT2D eigenvalue weighted by Crippen LogP contribution is -2.24. The third-order valence-electron chi connectivity index (χ3n) is 4.68. The molecule has 1 N–H and O–H groups in total. The van der Waals surface area contributed by atoms with Gasteiger partial charge in [-0.3, -0.25) is 29.4 Å². The van der Waals surface area contributed by atoms with Gasteiger partial charge in [-0.05, 0) is 36.4 Å². The van der Waals surface area contributed by atoms with E-state index in [1.165, 1.54) is 43.4 Å². The first-order valence-electron chi connectivity index (χ1n) is 8.58. The van der Waals surface area contributed by atoms with E-state index in [2.05, 4.69) is 5.32 Å². The van der Waals surface area contributed by atoms with Crippen LogP contribution in [0.5, 0.6) is 0 Å². The smallest absolute Gasteiger partial charge is 0.341 e. The van der Waals surface area contributed by atoms with Crippen LogP contribution in [0.3, 0.4) is 0 Å². The Bertz CT molecular complexity index is 1180. The summed E-state index contributed by atoms with van der Waals surface area (Å²) >= 11 is 0. The van der Waals surface area contributed by atoms with Crippen molar-refractivity contribution >= 4 is 35.6 Å². The Labute approximate surface area is 168 Å². The van der Waals surface area contributed by atoms with Gasteiger partial charge in [-0.1, -0.05) is 0 Å². The molecule has 0 aliphatic carbocycles. The molecule has 0 radical (unpaired) electrons. The van der Waals surface area contributed by atoms with Crippen LogP contribution in [0.15, 0.2) is 36.4 Å². The summed E-state index contributed by atoms with van der Waals surface area (Å²) in [5.41, 5.74) is 0.477. The van der Waals surface area contributed by atoms with Gasteiger partial charge in [0, 0.05) is 7.05 Å². The van der Waals surface area contributed by atoms with Crippen LogP contribution < -0.4 is 5.32 Å². The Morgan fingerprint density at radius 2 is 1.27 bits per heavy atom. The van der Waals surface area contributed by atoms with E-state index in [1.807, 2.05) is 0 Å². The highest BCUT2D eigenvalue weighted by Crippen LogP contribution is 2.23. The molecule has 0 aromatic heterocycles. The van der Waals surface area contributed by atoms with Crippen LogP contribution >= 0.6 is 0 Å². The number of nitrogens with one attached hydrogen (secondary N) is 1. The van der Waals surface area contributed by atoms with Gasteiger partial charge in [0.25, 0.3) is 23.6 Å². The Kier molecular flexibility index (Phi) is 4.38. The summed E-state index contributed by atoms with van der Waals surface area (Å²) in [5, 5.41) is 2.10. The van der Waals surface area contributed by atoms with Crippen LogP contribution in [0.1, 0.15) is 62.1 Å². The maximum Gasteiger partial charge on any atom is 0.341 e. The van der Waals surface area contributed by atoms with Crippen molar-refractivity contribution in [3.05, 3.63) is 69.8 Å². The monoisotopic (exact) mass is 408 g/mol. The molecule has 150 valence electrons. The molecule has 0 spiro atoms. The molecule has 0 atom stereocenters. The van der Waals surface area contributed by atoms with Crippen LogP contribution in [0.2, 0.25) is 0 Å². The largest absolute Gasteiger partial charge is 0.424 e. The SMILES string of the molecule is CN1C(=O)c2ccc(C(=O)OCOC(=O)c3ccc4c(c3)C(=O)NC4=O)cc2C1=O. The van der Waals surface area contributed by atoms with Gasteiger partial charge in [-0.25, -0.2) is 9.59 Å². The third kappa shape index (κ3) is 3.00. The Hall–Kier alpha value is -4.34. The zero-order valence-corrected chi connectivity index (χ0v) is 15.4. The molecular weight excluding hydrogens is 396 g/mol. The molecule has 2 aromatic rings. The van der Waals surface area contributed by atoms with Gasteiger partial charge < -0.3 is 9.47 Å². The second-order valence-corrected chi connectivity index (χ2v) is 6.45. The van der Waals surface area contributed by atoms with Crippen LogP contribution in [0.4, 0.5) is 0 Å². The normalized spacial score (nSPS) is 14.4. The van der Waals surface area contributed by atoms with Gasteiger partial charge in [0.15, 0.2) is 0 Å². The van der Waals surface area contributed by atoms with Crippen LogP contribution in [-0.2, 0) is 9.47 Å². The van der Waals surface area contributed by atoms with E-state index < -0.39 is 42.4 Å². The summed E-state index contributed by atoms with van der Waals surface area (Å²) in [6.07, 6.45) is 0. The van der Waals surface area contributed by atoms with Crippen LogP contribution in [0, 0.1) is 0 Å². The van der Waals surface area contributed by atoms with E-state index in [-0.39, 0.29) is 33.4 Å². The van der Waals surface area contributed by atoms with Crippen molar-refractivity contribution in [3.8, 4) is 0 Å². The van der Waals surface area contributed by atoms with Crippen LogP contribution in [-0.4, -0.2) is 54.3 Å². The number of rotatable bonds is 4. The minimum absolute atomic E-state index is 0.000624. The van der Waals surface area contributed by atoms with Gasteiger partial charge in [0.1, 0.15) is 0 Å². The second-order valence-electron chi connectivity index (χ2n) is 6.45. The van der Waals surface area contributed by atoms with Gasteiger partial charge in [-0.15, -0.1) is 0 Å². The molecule has 30 heavy (non-hydrogen) atoms. The maximum absolute atomic E-state index is 12.2. The van der Waals surface area contributed by atoms with Crippen molar-refractivity contribution in [1.29, 1.82) is 0 Å². The number of hydrogen-bond acceptors (Lipinski definition) is 8. The van der Waals surface area contributed by atoms with Gasteiger partial charge >= 0.3 is 11.9 Å². The molecule has 4 amide bonds. The topological polar surface area (TPSA) is 136 Å². The second kappa shape index (κ2) is 6.92. The molecule has 0 fully saturated rings. The number of imide groups is 2. The molecular formula is C20H12N2O8. The van der Waals surface area contributed by atoms with E-state index in [4.69, 9.17) is 9.47 Å². The van der Waals surface area contributed by atoms with Crippen molar-refractivity contribution in [2.75, 3.05) is 13.8 Å². The Morgan fingerprint density at radius 1 is 0.767 bits per heavy atom. The van der Waals surface area contributed by atoms with Gasteiger partial charge in [0.05, 0.1) is 33.4 Å². The zero-order chi connectivity index (χ0) is 21.6. The Morgan fingerprint density at radius 3 is 1.90 bits per heavy atom. The molecule has 2 aromatic carbocycles. The molecule has 0 saturated carbocycles. The predicted molar refractivity (Wildman–Crippen MR) is 96.8 cm³/mol. The number of ether oxygens (including phenoxy) is 2. The van der Waals surface area contributed by atoms with Crippen LogP contribution in [0.25, 0.3) is 0 Å². The lowest BCUT2D eigenvalue weighted by molar-refractivity contribution is -0.0167. The van der Waals surface area contributed by atoms with Crippen molar-refractivity contribution < 1.29 is 38.2 Å². The lowest BCUT2D eigenvalue weighted by Gasteiger charge is -2.07. The molecule has 0 bridgehead atoms. The van der Waals surface area contributed by atoms with E-state index in [0.717, 1.165) is 4.90 Å². The lowest BCUT2D eigenvalue weighted by atomic mass is 10.1. The summed E-state index contributed by atoms with van der Waals surface area (Å²) in [4.78, 5) is 72.2. The van der Waals surface area contributed by atoms with E-state index in [1.54, 1.807) is 0 Å². The summed E-state index contributed by atoms with van der Waals surface area (Å²) < 4.78 is 9.74. The average molecular weight is 408 g/mol. The first kappa shape index (κ1) is 19.0. The number of carbonyl (C=O) groups is 6. The first-order chi connectivity index (χ1) is 14.3. The van der Waals surface area contributed by atoms with Crippen molar-refractivity contribution in [1.82, 2.24) is 10.2 Å². The number of fused-ring (bicyclic) bond motifs is 2. The van der Waals surface area contributed by atoms with Crippen molar-refractivity contribution in [2.45, 2.75) is 0 Å². The fourth-order valence-electron chi connectivity index (χ4n) is 3.09. The number of nitrogens with zero attached hydrogens (tertiary/aromatic N) is 1. The summed E-state index contributed by atoms with van der Waals surface area (Å²) in [6.45, 7) is -0.719. The zero-order valence-electron chi connectivity index (χ0n) is 15.4. The van der Waals surface area contributed by atoms with E-state index >= 15 is 0 Å². The predicted octanol–water partition coefficient (Wildman–Crippen LogP) is 0.767. The fraction of sp³-hybridized carbons (Fsp3) is 0.100. The average Bonchev–Trinajstić information content (AvgIpc) is 3.15. The highest BCUT2D eigenvalue weighted by atomic mass is 16.7. The summed E-state index contributed by atoms with van der Waals surface area (Å²) in [6, 6.07) is 7.74.